The molecule has 1 fully saturated rings. The Kier molecular flexibility index (Phi) is 7.01. The van der Waals surface area contributed by atoms with E-state index in [1.807, 2.05) is 41.3 Å². The van der Waals surface area contributed by atoms with Crippen molar-refractivity contribution in [2.24, 2.45) is 0 Å². The van der Waals surface area contributed by atoms with E-state index in [9.17, 15) is 9.90 Å². The topological polar surface area (TPSA) is 43.8 Å². The van der Waals surface area contributed by atoms with Crippen LogP contribution in [0.4, 0.5) is 0 Å². The van der Waals surface area contributed by atoms with Crippen LogP contribution in [0.1, 0.15) is 35.2 Å². The lowest BCUT2D eigenvalue weighted by atomic mass is 9.95. The minimum atomic E-state index is -0.767. The minimum absolute atomic E-state index is 0.0970. The van der Waals surface area contributed by atoms with Crippen LogP contribution >= 0.6 is 0 Å². The van der Waals surface area contributed by atoms with Gasteiger partial charge in [-0.15, -0.1) is 0 Å². The van der Waals surface area contributed by atoms with Crippen LogP contribution < -0.4 is 0 Å². The van der Waals surface area contributed by atoms with Crippen LogP contribution in [-0.2, 0) is 4.79 Å². The van der Waals surface area contributed by atoms with E-state index in [0.29, 0.717) is 0 Å². The number of rotatable bonds is 5. The van der Waals surface area contributed by atoms with Crippen molar-refractivity contribution in [1.29, 1.82) is 0 Å². The Morgan fingerprint density at radius 2 is 1.44 bits per heavy atom. The van der Waals surface area contributed by atoms with Gasteiger partial charge in [-0.3, -0.25) is 14.6 Å². The fraction of sp³-hybridized carbons (Fsp3) is 0.250. The molecule has 3 aromatic carbocycles. The monoisotopic (exact) mass is 424 g/mol. The number of carbonyl (C=O) groups is 1. The van der Waals surface area contributed by atoms with Gasteiger partial charge in [0.15, 0.2) is 0 Å². The van der Waals surface area contributed by atoms with Crippen LogP contribution in [0.3, 0.4) is 0 Å². The number of carboxylic acids is 1. The Morgan fingerprint density at radius 1 is 0.875 bits per heavy atom. The summed E-state index contributed by atoms with van der Waals surface area (Å²) in [5, 5.41) is 9.19. The third-order valence-electron chi connectivity index (χ3n) is 5.97. The molecule has 4 nitrogen and oxygen atoms in total. The molecular weight excluding hydrogens is 396 g/mol. The molecule has 1 aliphatic rings. The van der Waals surface area contributed by atoms with E-state index in [-0.39, 0.29) is 18.6 Å². The summed E-state index contributed by atoms with van der Waals surface area (Å²) in [5.74, 6) is 5.70. The number of piperazine rings is 1. The van der Waals surface area contributed by atoms with E-state index in [0.717, 1.165) is 30.8 Å². The van der Waals surface area contributed by atoms with Gasteiger partial charge in [-0.05, 0) is 42.3 Å². The van der Waals surface area contributed by atoms with Crippen molar-refractivity contribution in [1.82, 2.24) is 9.80 Å². The summed E-state index contributed by atoms with van der Waals surface area (Å²) in [7, 11) is 0. The summed E-state index contributed by atoms with van der Waals surface area (Å²) in [6.07, 6.45) is 0. The van der Waals surface area contributed by atoms with Crippen LogP contribution in [0.2, 0.25) is 0 Å². The van der Waals surface area contributed by atoms with Crippen molar-refractivity contribution in [3.8, 4) is 11.8 Å². The second kappa shape index (κ2) is 10.3. The molecule has 1 aliphatic heterocycles. The highest BCUT2D eigenvalue weighted by atomic mass is 16.4. The normalized spacial score (nSPS) is 17.8. The van der Waals surface area contributed by atoms with Gasteiger partial charge in [0.1, 0.15) is 0 Å². The summed E-state index contributed by atoms with van der Waals surface area (Å²) < 4.78 is 0. The highest BCUT2D eigenvalue weighted by Gasteiger charge is 2.30. The Balaban J connectivity index is 1.57. The van der Waals surface area contributed by atoms with Crippen LogP contribution in [0.5, 0.6) is 0 Å². The molecule has 0 amide bonds. The SMILES string of the molecule is C[C@H]1CN([C@H](c2ccccc2)c2ccc(C#Cc3ccccc3)cc2)CCN1CC(=O)O. The predicted molar refractivity (Wildman–Crippen MR) is 127 cm³/mol. The fourth-order valence-electron chi connectivity index (χ4n) is 4.33. The van der Waals surface area contributed by atoms with E-state index in [2.05, 4.69) is 72.2 Å². The average molecular weight is 425 g/mol. The molecular formula is C28H28N2O2. The molecule has 0 bridgehead atoms. The van der Waals surface area contributed by atoms with E-state index in [1.165, 1.54) is 11.1 Å². The fourth-order valence-corrected chi connectivity index (χ4v) is 4.33. The van der Waals surface area contributed by atoms with Crippen molar-refractivity contribution >= 4 is 5.97 Å². The lowest BCUT2D eigenvalue weighted by Crippen LogP contribution is -2.54. The number of carboxylic acid groups (broad SMARTS) is 1. The van der Waals surface area contributed by atoms with Gasteiger partial charge in [0.05, 0.1) is 12.6 Å². The van der Waals surface area contributed by atoms with Crippen molar-refractivity contribution in [3.63, 3.8) is 0 Å². The van der Waals surface area contributed by atoms with Gasteiger partial charge in [-0.2, -0.15) is 0 Å². The molecule has 0 unspecified atom stereocenters. The van der Waals surface area contributed by atoms with Crippen LogP contribution in [0.25, 0.3) is 0 Å². The zero-order chi connectivity index (χ0) is 22.3. The Labute approximate surface area is 190 Å². The largest absolute Gasteiger partial charge is 0.480 e. The smallest absolute Gasteiger partial charge is 0.317 e. The van der Waals surface area contributed by atoms with E-state index < -0.39 is 5.97 Å². The van der Waals surface area contributed by atoms with E-state index >= 15 is 0 Å². The first-order valence-corrected chi connectivity index (χ1v) is 11.0. The maximum absolute atomic E-state index is 11.2. The first-order valence-electron chi connectivity index (χ1n) is 11.0. The van der Waals surface area contributed by atoms with Gasteiger partial charge in [-0.25, -0.2) is 0 Å². The summed E-state index contributed by atoms with van der Waals surface area (Å²) >= 11 is 0. The number of hydrogen-bond acceptors (Lipinski definition) is 3. The Morgan fingerprint density at radius 3 is 2.03 bits per heavy atom. The standard InChI is InChI=1S/C28H28N2O2/c1-22-20-30(19-18-29(22)21-27(31)32)28(25-10-6-3-7-11-25)26-16-14-24(15-17-26)13-12-23-8-4-2-5-9-23/h2-11,14-17,22,28H,18-21H2,1H3,(H,31,32)/t22-,28+/m0/s1. The van der Waals surface area contributed by atoms with Crippen LogP contribution in [-0.4, -0.2) is 53.1 Å². The highest BCUT2D eigenvalue weighted by Crippen LogP contribution is 2.30. The van der Waals surface area contributed by atoms with Crippen LogP contribution in [0.15, 0.2) is 84.9 Å². The second-order valence-corrected chi connectivity index (χ2v) is 8.26. The number of hydrogen-bond donors (Lipinski definition) is 1. The third kappa shape index (κ3) is 5.45. The van der Waals surface area contributed by atoms with Gasteiger partial charge in [-0.1, -0.05) is 72.5 Å². The Bertz CT molecular complexity index is 1090. The molecule has 4 heteroatoms. The molecule has 2 atom stereocenters. The van der Waals surface area contributed by atoms with Gasteiger partial charge in [0, 0.05) is 36.8 Å². The molecule has 1 N–H and O–H groups in total. The van der Waals surface area contributed by atoms with Gasteiger partial charge >= 0.3 is 5.97 Å². The van der Waals surface area contributed by atoms with Gasteiger partial charge < -0.3 is 5.11 Å². The van der Waals surface area contributed by atoms with E-state index in [1.54, 1.807) is 0 Å². The van der Waals surface area contributed by atoms with Crippen molar-refractivity contribution < 1.29 is 9.90 Å². The first-order chi connectivity index (χ1) is 15.6. The summed E-state index contributed by atoms with van der Waals surface area (Å²) in [6, 6.07) is 29.4. The molecule has 1 saturated heterocycles. The second-order valence-electron chi connectivity index (χ2n) is 8.26. The molecule has 32 heavy (non-hydrogen) atoms. The lowest BCUT2D eigenvalue weighted by molar-refractivity contribution is -0.139. The summed E-state index contributed by atoms with van der Waals surface area (Å²) in [5.41, 5.74) is 4.46. The third-order valence-corrected chi connectivity index (χ3v) is 5.97. The van der Waals surface area contributed by atoms with E-state index in [4.69, 9.17) is 0 Å². The lowest BCUT2D eigenvalue weighted by Gasteiger charge is -2.43. The molecule has 0 aromatic heterocycles. The molecule has 1 heterocycles. The summed E-state index contributed by atoms with van der Waals surface area (Å²) in [6.45, 7) is 4.60. The molecule has 0 spiro atoms. The molecule has 4 rings (SSSR count). The van der Waals surface area contributed by atoms with Gasteiger partial charge in [0.25, 0.3) is 0 Å². The molecule has 3 aromatic rings. The summed E-state index contributed by atoms with van der Waals surface area (Å²) in [4.78, 5) is 15.7. The predicted octanol–water partition coefficient (Wildman–Crippen LogP) is 4.27. The van der Waals surface area contributed by atoms with Crippen molar-refractivity contribution in [2.45, 2.75) is 19.0 Å². The zero-order valence-electron chi connectivity index (χ0n) is 18.3. The number of nitrogens with zero attached hydrogens (tertiary/aromatic N) is 2. The molecule has 162 valence electrons. The number of aliphatic carboxylic acids is 1. The molecule has 0 saturated carbocycles. The van der Waals surface area contributed by atoms with Crippen molar-refractivity contribution in [2.75, 3.05) is 26.2 Å². The first kappa shape index (κ1) is 21.8. The van der Waals surface area contributed by atoms with Crippen molar-refractivity contribution in [3.05, 3.63) is 107 Å². The van der Waals surface area contributed by atoms with Crippen LogP contribution in [0, 0.1) is 11.8 Å². The quantitative estimate of drug-likeness (QED) is 0.622. The zero-order valence-corrected chi connectivity index (χ0v) is 18.3. The number of benzene rings is 3. The minimum Gasteiger partial charge on any atom is -0.480 e. The molecule has 0 radical (unpaired) electrons. The van der Waals surface area contributed by atoms with Gasteiger partial charge in [0.2, 0.25) is 0 Å². The maximum Gasteiger partial charge on any atom is 0.317 e. The highest BCUT2D eigenvalue weighted by molar-refractivity contribution is 5.69. The molecule has 0 aliphatic carbocycles. The average Bonchev–Trinajstić information content (AvgIpc) is 2.82. The maximum atomic E-state index is 11.2. The Hall–Kier alpha value is -3.39.